The van der Waals surface area contributed by atoms with Crippen LogP contribution in [0.15, 0.2) is 85.1 Å². The Morgan fingerprint density at radius 2 is 0.896 bits per heavy atom. The molecule has 0 N–H and O–H groups in total. The van der Waals surface area contributed by atoms with E-state index in [2.05, 4.69) is 18.2 Å². The molecule has 0 radical (unpaired) electrons. The van der Waals surface area contributed by atoms with Crippen LogP contribution in [-0.2, 0) is 9.63 Å². The fraction of sp³-hybridized carbons (Fsp3) is 0.481. The van der Waals surface area contributed by atoms with Crippen LogP contribution in [0.25, 0.3) is 0 Å². The third kappa shape index (κ3) is 35.2. The lowest BCUT2D eigenvalue weighted by molar-refractivity contribution is -0.385. The number of halogens is 5. The van der Waals surface area contributed by atoms with Gasteiger partial charge in [-0.3, -0.25) is 19.7 Å². The van der Waals surface area contributed by atoms with E-state index in [4.69, 9.17) is 19.0 Å². The van der Waals surface area contributed by atoms with E-state index in [1.54, 1.807) is 33.3 Å². The molecule has 0 unspecified atom stereocenters. The van der Waals surface area contributed by atoms with Crippen molar-refractivity contribution >= 4 is 11.6 Å². The van der Waals surface area contributed by atoms with Gasteiger partial charge in [0.25, 0.3) is 5.91 Å². The van der Waals surface area contributed by atoms with Gasteiger partial charge >= 0.3 is 5.69 Å². The third-order valence-corrected chi connectivity index (χ3v) is 6.46. The molecule has 5 rings (SSSR count). The predicted octanol–water partition coefficient (Wildman–Crippen LogP) is 16.9. The fourth-order valence-corrected chi connectivity index (χ4v) is 3.80. The van der Waals surface area contributed by atoms with Crippen molar-refractivity contribution < 1.29 is 55.5 Å². The van der Waals surface area contributed by atoms with Crippen molar-refractivity contribution in [1.82, 2.24) is 5.06 Å². The summed E-state index contributed by atoms with van der Waals surface area (Å²) in [6.45, 7) is 39.5. The molecule has 10 nitrogen and oxygen atoms in total. The van der Waals surface area contributed by atoms with Gasteiger partial charge in [-0.15, -0.1) is 0 Å². The molecular formula is C52H87F5N2O8. The summed E-state index contributed by atoms with van der Waals surface area (Å²) >= 11 is 0. The van der Waals surface area contributed by atoms with E-state index in [0.717, 1.165) is 36.3 Å². The van der Waals surface area contributed by atoms with E-state index in [-0.39, 0.29) is 11.6 Å². The molecule has 15 heteroatoms. The van der Waals surface area contributed by atoms with Crippen molar-refractivity contribution in [3.05, 3.63) is 135 Å². The van der Waals surface area contributed by atoms with E-state index in [9.17, 15) is 36.9 Å². The van der Waals surface area contributed by atoms with Crippen LogP contribution in [0.3, 0.4) is 0 Å². The molecule has 1 heterocycles. The van der Waals surface area contributed by atoms with Crippen molar-refractivity contribution in [3.8, 4) is 23.0 Å². The highest BCUT2D eigenvalue weighted by Gasteiger charge is 2.26. The summed E-state index contributed by atoms with van der Waals surface area (Å²) in [5.41, 5.74) is 2.87. The van der Waals surface area contributed by atoms with Gasteiger partial charge in [0.05, 0.1) is 40.5 Å². The van der Waals surface area contributed by atoms with Crippen LogP contribution in [0.1, 0.15) is 135 Å². The predicted molar refractivity (Wildman–Crippen MR) is 271 cm³/mol. The topological polar surface area (TPSA) is 110 Å². The second-order valence-corrected chi connectivity index (χ2v) is 10.0. The number of nitro groups is 1. The highest BCUT2D eigenvalue weighted by atomic mass is 19.2. The molecule has 67 heavy (non-hydrogen) atoms. The van der Waals surface area contributed by atoms with E-state index in [0.29, 0.717) is 12.2 Å². The number of hydrogen-bond acceptors (Lipinski definition) is 8. The summed E-state index contributed by atoms with van der Waals surface area (Å²) in [5.74, 6) is -9.34. The van der Waals surface area contributed by atoms with Crippen molar-refractivity contribution in [2.75, 3.05) is 35.5 Å². The monoisotopic (exact) mass is 963 g/mol. The fourth-order valence-electron chi connectivity index (χ4n) is 3.80. The third-order valence-electron chi connectivity index (χ3n) is 6.46. The number of carbonyl (C=O) groups excluding carboxylic acids is 1. The van der Waals surface area contributed by atoms with Crippen LogP contribution in [0.2, 0.25) is 0 Å². The summed E-state index contributed by atoms with van der Waals surface area (Å²) in [6.07, 6.45) is 1.26. The minimum Gasteiger partial charge on any atom is -0.497 e. The molecule has 0 spiro atoms. The molecule has 388 valence electrons. The van der Waals surface area contributed by atoms with E-state index >= 15 is 0 Å². The van der Waals surface area contributed by atoms with Crippen LogP contribution in [0, 0.1) is 53.0 Å². The average molecular weight is 963 g/mol. The standard InChI is InChI=1S/C8H9NO3.C8H10O.C7H3F5O.C7H8O.C6H9NO2.8C2H6/c1-6-3-4-8(12-2)7(5-6)9(10)11;1-7-3-5-8(9-2)6-4-7;1-13-7-5(11)3(9)2(8)4(10)6(7)12;1-8-7-5-3-2-4-6-7;1-5-3-4-6(8)7(5)9-2;8*1-2/h3-5H,1-2H3;3-6H,1-2H3;1H3;2-6H,1H3;1,3-4H2,2H3;8*1-2H3. The zero-order valence-electron chi connectivity index (χ0n) is 45.1. The Kier molecular flexibility index (Phi) is 66.1. The van der Waals surface area contributed by atoms with Gasteiger partial charge in [-0.05, 0) is 56.2 Å². The van der Waals surface area contributed by atoms with Gasteiger partial charge in [-0.1, -0.05) is 159 Å². The summed E-state index contributed by atoms with van der Waals surface area (Å²) in [4.78, 5) is 25.5. The first-order valence-corrected chi connectivity index (χ1v) is 22.8. The highest BCUT2D eigenvalue weighted by Crippen LogP contribution is 2.29. The van der Waals surface area contributed by atoms with Gasteiger partial charge in [-0.25, -0.2) is 13.2 Å². The molecule has 1 aliphatic heterocycles. The molecule has 4 aromatic carbocycles. The average Bonchev–Trinajstić information content (AvgIpc) is 3.74. The lowest BCUT2D eigenvalue weighted by atomic mass is 10.2. The molecule has 1 fully saturated rings. The maximum absolute atomic E-state index is 12.6. The second kappa shape index (κ2) is 56.4. The summed E-state index contributed by atoms with van der Waals surface area (Å²) in [5, 5.41) is 11.7. The lowest BCUT2D eigenvalue weighted by Crippen LogP contribution is -2.20. The molecule has 1 amide bonds. The minimum absolute atomic E-state index is 0.00231. The number of hydroxylamine groups is 2. The number of rotatable bonds is 6. The number of benzene rings is 4. The summed E-state index contributed by atoms with van der Waals surface area (Å²) in [7, 11) is 7.02. The van der Waals surface area contributed by atoms with Crippen molar-refractivity contribution in [2.45, 2.75) is 137 Å². The Morgan fingerprint density at radius 3 is 1.18 bits per heavy atom. The Balaban J connectivity index is -0.000000101. The molecule has 0 bridgehead atoms. The van der Waals surface area contributed by atoms with Crippen LogP contribution in [0.4, 0.5) is 27.6 Å². The summed E-state index contributed by atoms with van der Waals surface area (Å²) in [6, 6.07) is 22.5. The SMILES string of the molecule is C=C1CCC(=O)N1OC.CC.CC.CC.CC.CC.CC.CC.CC.COc1c(F)c(F)c(F)c(F)c1F.COc1ccc(C)cc1.COc1ccc(C)cc1[N+](=O)[O-].COc1ccccc1. The molecule has 0 atom stereocenters. The highest BCUT2D eigenvalue weighted by molar-refractivity contribution is 5.79. The molecular weight excluding hydrogens is 876 g/mol. The number of para-hydroxylation sites is 1. The number of amides is 1. The Labute approximate surface area is 402 Å². The van der Waals surface area contributed by atoms with Crippen molar-refractivity contribution in [1.29, 1.82) is 0 Å². The lowest BCUT2D eigenvalue weighted by Gasteiger charge is -2.11. The van der Waals surface area contributed by atoms with Crippen molar-refractivity contribution in [3.63, 3.8) is 0 Å². The number of nitro benzene ring substituents is 1. The Bertz CT molecular complexity index is 1690. The number of carbonyl (C=O) groups is 1. The second-order valence-electron chi connectivity index (χ2n) is 10.0. The maximum atomic E-state index is 12.6. The Hall–Kier alpha value is -5.70. The number of hydrogen-bond donors (Lipinski definition) is 0. The van der Waals surface area contributed by atoms with E-state index in [1.165, 1.54) is 30.9 Å². The molecule has 0 aliphatic carbocycles. The molecule has 0 aromatic heterocycles. The molecule has 0 saturated carbocycles. The van der Waals surface area contributed by atoms with Gasteiger partial charge in [-0.2, -0.15) is 13.8 Å². The first-order valence-electron chi connectivity index (χ1n) is 22.8. The molecule has 4 aromatic rings. The van der Waals surface area contributed by atoms with Gasteiger partial charge in [0.1, 0.15) is 11.5 Å². The minimum atomic E-state index is -2.20. The smallest absolute Gasteiger partial charge is 0.311 e. The van der Waals surface area contributed by atoms with E-state index < -0.39 is 39.8 Å². The van der Waals surface area contributed by atoms with Crippen LogP contribution < -0.4 is 18.9 Å². The molecule has 1 saturated heterocycles. The normalized spacial score (nSPS) is 9.28. The quantitative estimate of drug-likeness (QED) is 0.0618. The van der Waals surface area contributed by atoms with Gasteiger partial charge in [0.15, 0.2) is 11.5 Å². The Morgan fingerprint density at radius 1 is 0.522 bits per heavy atom. The summed E-state index contributed by atoms with van der Waals surface area (Å²) < 4.78 is 80.9. The zero-order chi connectivity index (χ0) is 54.7. The maximum Gasteiger partial charge on any atom is 0.311 e. The zero-order valence-corrected chi connectivity index (χ0v) is 45.1. The van der Waals surface area contributed by atoms with Gasteiger partial charge < -0.3 is 18.9 Å². The van der Waals surface area contributed by atoms with Crippen molar-refractivity contribution in [2.24, 2.45) is 0 Å². The first-order chi connectivity index (χ1) is 32.2. The number of nitrogens with zero attached hydrogens (tertiary/aromatic N) is 2. The molecule has 1 aliphatic rings. The number of methoxy groups -OCH3 is 4. The van der Waals surface area contributed by atoms with Crippen LogP contribution in [-0.4, -0.2) is 51.4 Å². The number of allylic oxidation sites excluding steroid dienone is 1. The van der Waals surface area contributed by atoms with Gasteiger partial charge in [0, 0.05) is 18.2 Å². The largest absolute Gasteiger partial charge is 0.497 e. The van der Waals surface area contributed by atoms with Crippen LogP contribution >= 0.6 is 0 Å². The van der Waals surface area contributed by atoms with E-state index in [1.807, 2.05) is 165 Å². The number of aryl methyl sites for hydroxylation is 2. The first kappa shape index (κ1) is 78.5. The number of ether oxygens (including phenoxy) is 4. The van der Waals surface area contributed by atoms with Crippen LogP contribution in [0.5, 0.6) is 23.0 Å². The van der Waals surface area contributed by atoms with Gasteiger partial charge in [0.2, 0.25) is 29.1 Å².